The molecule has 5 aliphatic heterocycles. The van der Waals surface area contributed by atoms with Gasteiger partial charge in [-0.15, -0.1) is 0 Å². The molecule has 0 saturated carbocycles. The second-order valence-electron chi connectivity index (χ2n) is 20.3. The van der Waals surface area contributed by atoms with E-state index in [1.54, 1.807) is 38.3 Å². The number of hydrogen-bond acceptors (Lipinski definition) is 11. The molecule has 360 valence electrons. The molecule has 1 aromatic carbocycles. The van der Waals surface area contributed by atoms with Crippen LogP contribution in [0.25, 0.3) is 0 Å². The van der Waals surface area contributed by atoms with E-state index < -0.39 is 95.0 Å². The first-order valence-corrected chi connectivity index (χ1v) is 24.2. The molecule has 6 rings (SSSR count). The number of urea groups is 1. The van der Waals surface area contributed by atoms with E-state index in [0.717, 1.165) is 6.42 Å². The number of carboxylic acids is 1. The summed E-state index contributed by atoms with van der Waals surface area (Å²) in [7, 11) is 1.58. The third-order valence-electron chi connectivity index (χ3n) is 16.1. The molecule has 0 aromatic heterocycles. The predicted molar refractivity (Wildman–Crippen MR) is 242 cm³/mol. The third-order valence-corrected chi connectivity index (χ3v) is 16.1. The highest BCUT2D eigenvalue weighted by molar-refractivity contribution is 5.89. The van der Waals surface area contributed by atoms with E-state index in [1.165, 1.54) is 0 Å². The number of anilines is 1. The van der Waals surface area contributed by atoms with Crippen molar-refractivity contribution >= 4 is 23.5 Å². The largest absolute Gasteiger partial charge is 0.497 e. The van der Waals surface area contributed by atoms with Crippen LogP contribution in [0.4, 0.5) is 10.5 Å². The minimum atomic E-state index is -1.39. The van der Waals surface area contributed by atoms with E-state index in [2.05, 4.69) is 31.4 Å². The van der Waals surface area contributed by atoms with Crippen molar-refractivity contribution in [1.82, 2.24) is 5.32 Å². The fraction of sp³-hybridized carbons (Fsp3) is 0.780. The van der Waals surface area contributed by atoms with Gasteiger partial charge in [-0.1, -0.05) is 61.5 Å². The highest BCUT2D eigenvalue weighted by atomic mass is 16.8. The highest BCUT2D eigenvalue weighted by Crippen LogP contribution is 2.54. The molecule has 1 aromatic rings. The Morgan fingerprint density at radius 1 is 0.891 bits per heavy atom. The molecule has 14 nitrogen and oxygen atoms in total. The molecule has 2 spiro atoms. The quantitative estimate of drug-likeness (QED) is 0.107. The number of aliphatic hydroxyl groups excluding tert-OH is 1. The summed E-state index contributed by atoms with van der Waals surface area (Å²) in [5.41, 5.74) is -1.18. The molecule has 5 aliphatic rings. The average Bonchev–Trinajstić information content (AvgIpc) is 3.61. The number of aliphatic hydroxyl groups is 2. The lowest BCUT2D eigenvalue weighted by Gasteiger charge is -2.55. The Hall–Kier alpha value is -3.11. The number of hydrogen-bond donors (Lipinski definition) is 5. The minimum Gasteiger partial charge on any atom is -0.497 e. The number of amides is 2. The lowest BCUT2D eigenvalue weighted by Crippen LogP contribution is -2.66. The number of methoxy groups -OCH3 is 1. The van der Waals surface area contributed by atoms with Crippen LogP contribution in [0.3, 0.4) is 0 Å². The van der Waals surface area contributed by atoms with Gasteiger partial charge in [0.15, 0.2) is 11.6 Å². The van der Waals surface area contributed by atoms with Crippen molar-refractivity contribution in [2.24, 2.45) is 41.4 Å². The number of aliphatic carboxylic acids is 1. The van der Waals surface area contributed by atoms with Gasteiger partial charge in [-0.05, 0) is 114 Å². The van der Waals surface area contributed by atoms with Gasteiger partial charge in [0.25, 0.3) is 0 Å². The van der Waals surface area contributed by atoms with E-state index in [-0.39, 0.29) is 29.6 Å². The number of benzene rings is 1. The van der Waals surface area contributed by atoms with Crippen LogP contribution in [0, 0.1) is 41.4 Å². The van der Waals surface area contributed by atoms with Crippen LogP contribution >= 0.6 is 0 Å². The fourth-order valence-corrected chi connectivity index (χ4v) is 11.7. The number of ketones is 1. The highest BCUT2D eigenvalue weighted by Gasteiger charge is 2.63. The zero-order valence-corrected chi connectivity index (χ0v) is 40.1. The summed E-state index contributed by atoms with van der Waals surface area (Å²) in [4.78, 5) is 40.5. The van der Waals surface area contributed by atoms with Gasteiger partial charge in [-0.3, -0.25) is 9.59 Å². The maximum absolute atomic E-state index is 14.7. The van der Waals surface area contributed by atoms with E-state index in [9.17, 15) is 29.7 Å². The van der Waals surface area contributed by atoms with Crippen LogP contribution in [-0.2, 0) is 33.3 Å². The predicted octanol–water partition coefficient (Wildman–Crippen LogP) is 8.03. The fourth-order valence-electron chi connectivity index (χ4n) is 11.7. The summed E-state index contributed by atoms with van der Waals surface area (Å²) in [6.45, 7) is 19.6. The van der Waals surface area contributed by atoms with Crippen molar-refractivity contribution < 1.29 is 58.1 Å². The Labute approximate surface area is 380 Å². The maximum atomic E-state index is 14.7. The molecule has 5 heterocycles. The van der Waals surface area contributed by atoms with E-state index in [1.807, 2.05) is 53.7 Å². The van der Waals surface area contributed by atoms with Gasteiger partial charge in [0.1, 0.15) is 17.6 Å². The summed E-state index contributed by atoms with van der Waals surface area (Å²) < 4.78 is 39.9. The molecule has 0 aliphatic carbocycles. The van der Waals surface area contributed by atoms with Crippen molar-refractivity contribution in [2.75, 3.05) is 12.4 Å². The number of Topliss-reactive ketones (excluding diaryl/α,β-unsaturated/α-hetero) is 1. The molecule has 14 heteroatoms. The Morgan fingerprint density at radius 3 is 2.19 bits per heavy atom. The molecule has 4 saturated heterocycles. The molecular formula is C50H78N2O12. The lowest BCUT2D eigenvalue weighted by molar-refractivity contribution is -0.397. The summed E-state index contributed by atoms with van der Waals surface area (Å²) in [6.07, 6.45) is 6.24. The maximum Gasteiger partial charge on any atom is 0.319 e. The van der Waals surface area contributed by atoms with Gasteiger partial charge in [-0.2, -0.15) is 0 Å². The first-order chi connectivity index (χ1) is 30.2. The van der Waals surface area contributed by atoms with Crippen LogP contribution in [-0.4, -0.2) is 106 Å². The summed E-state index contributed by atoms with van der Waals surface area (Å²) in [5.74, 6) is -5.54. The van der Waals surface area contributed by atoms with Gasteiger partial charge in [0.2, 0.25) is 0 Å². The topological polar surface area (TPSA) is 191 Å². The van der Waals surface area contributed by atoms with Gasteiger partial charge < -0.3 is 54.4 Å². The Bertz CT molecular complexity index is 1810. The zero-order chi connectivity index (χ0) is 46.9. The van der Waals surface area contributed by atoms with Crippen LogP contribution in [0.1, 0.15) is 133 Å². The van der Waals surface area contributed by atoms with Gasteiger partial charge in [-0.25, -0.2) is 4.79 Å². The van der Waals surface area contributed by atoms with Crippen LogP contribution in [0.5, 0.6) is 5.75 Å². The molecule has 0 unspecified atom stereocenters. The van der Waals surface area contributed by atoms with Gasteiger partial charge >= 0.3 is 12.0 Å². The van der Waals surface area contributed by atoms with Crippen LogP contribution in [0.15, 0.2) is 36.4 Å². The first-order valence-electron chi connectivity index (χ1n) is 24.2. The average molecular weight is 899 g/mol. The molecular weight excluding hydrogens is 821 g/mol. The van der Waals surface area contributed by atoms with Crippen molar-refractivity contribution in [2.45, 2.75) is 199 Å². The Morgan fingerprint density at radius 2 is 1.58 bits per heavy atom. The van der Waals surface area contributed by atoms with Crippen molar-refractivity contribution in [1.29, 1.82) is 0 Å². The van der Waals surface area contributed by atoms with E-state index in [4.69, 9.17) is 28.4 Å². The number of nitrogens with one attached hydrogen (secondary N) is 2. The number of carbonyl (C=O) groups is 3. The molecule has 64 heavy (non-hydrogen) atoms. The van der Waals surface area contributed by atoms with Gasteiger partial charge in [0.05, 0.1) is 60.9 Å². The zero-order valence-electron chi connectivity index (χ0n) is 40.1. The molecule has 0 bridgehead atoms. The standard InChI is InChI=1S/C50H78N2O12/c1-12-36(45(55)56)38-20-15-28(4)43(61-38)32(8)41(53)31(7)42(54)37(13-2)44-29(5)27-30(6)49(62-44)24-21-39(52-46(57)51-34-16-18-35(59-11)19-17-34)50(64-49)26-25-47(10,63-50)40-22-23-48(58,14-3)33(9)60-40/h16-19,21,24,28-33,36-41,43-44,53,58H,12-15,20,22-23,25-27H2,1-11H3,(H,55,56)(H2,51,52,57)/t28-,29-,30+,31-,32-,33-,36+,37-,38+,39+,40+,41+,43+,44-,47-,48+,49-,50-/m0/s1. The number of rotatable bonds is 15. The van der Waals surface area contributed by atoms with E-state index in [0.29, 0.717) is 69.2 Å². The second-order valence-corrected chi connectivity index (χ2v) is 20.3. The van der Waals surface area contributed by atoms with Crippen molar-refractivity contribution in [3.63, 3.8) is 0 Å². The normalized spacial score (nSPS) is 40.0. The van der Waals surface area contributed by atoms with E-state index >= 15 is 0 Å². The summed E-state index contributed by atoms with van der Waals surface area (Å²) in [6, 6.07) is 5.85. The second kappa shape index (κ2) is 20.0. The molecule has 5 N–H and O–H groups in total. The van der Waals surface area contributed by atoms with Crippen LogP contribution in [0.2, 0.25) is 0 Å². The van der Waals surface area contributed by atoms with Crippen molar-refractivity contribution in [3.05, 3.63) is 36.4 Å². The molecule has 4 fully saturated rings. The Kier molecular flexibility index (Phi) is 15.7. The number of carboxylic acid groups (broad SMARTS) is 1. The number of ether oxygens (including phenoxy) is 6. The summed E-state index contributed by atoms with van der Waals surface area (Å²) >= 11 is 0. The lowest BCUT2D eigenvalue weighted by atomic mass is 9.72. The van der Waals surface area contributed by atoms with Gasteiger partial charge in [0, 0.05) is 35.8 Å². The first kappa shape index (κ1) is 50.3. The molecule has 0 radical (unpaired) electrons. The third kappa shape index (κ3) is 9.94. The van der Waals surface area contributed by atoms with Crippen LogP contribution < -0.4 is 15.4 Å². The molecule has 2 amide bonds. The summed E-state index contributed by atoms with van der Waals surface area (Å²) in [5, 5.41) is 39.1. The smallest absolute Gasteiger partial charge is 0.319 e. The monoisotopic (exact) mass is 899 g/mol. The number of carbonyl (C=O) groups excluding carboxylic acids is 2. The Balaban J connectivity index is 1.25. The van der Waals surface area contributed by atoms with Crippen molar-refractivity contribution in [3.8, 4) is 5.75 Å². The molecule has 18 atom stereocenters. The minimum absolute atomic E-state index is 0.0379. The SMILES string of the molecule is CC[C@@H](C(=O)[C@@H](C)[C@@H](O)[C@H](C)[C@@H]1O[C@@H]([C@@H](CC)C(=O)O)CC[C@@H]1C)[C@H]1O[C@]2(C=C[C@@H](NC(=O)Nc3ccc(OC)cc3)[C@]3(CC[C@@](C)([C@H]4CC[C@](O)(CC)[C@H](C)O4)O3)O2)[C@H](C)C[C@@H]1C.